The lowest BCUT2D eigenvalue weighted by Crippen LogP contribution is -2.45. The smallest absolute Gasteiger partial charge is 0.254 e. The summed E-state index contributed by atoms with van der Waals surface area (Å²) < 4.78 is 10.8. The maximum absolute atomic E-state index is 12.8. The van der Waals surface area contributed by atoms with Gasteiger partial charge in [0.15, 0.2) is 11.5 Å². The number of nitrogens with zero attached hydrogens (tertiary/aromatic N) is 2. The third-order valence-corrected chi connectivity index (χ3v) is 5.12. The van der Waals surface area contributed by atoms with Crippen LogP contribution < -0.4 is 9.47 Å². The summed E-state index contributed by atoms with van der Waals surface area (Å²) >= 11 is 0. The second-order valence-corrected chi connectivity index (χ2v) is 6.72. The summed E-state index contributed by atoms with van der Waals surface area (Å²) in [6, 6.07) is 9.35. The number of aromatic nitrogens is 1. The van der Waals surface area contributed by atoms with Crippen LogP contribution in [-0.4, -0.2) is 46.9 Å². The molecule has 6 nitrogen and oxygen atoms in total. The molecule has 1 aromatic heterocycles. The monoisotopic (exact) mass is 354 g/mol. The molecule has 0 unspecified atom stereocenters. The van der Waals surface area contributed by atoms with Crippen molar-refractivity contribution >= 4 is 5.91 Å². The Morgan fingerprint density at radius 2 is 2.12 bits per heavy atom. The van der Waals surface area contributed by atoms with Crippen molar-refractivity contribution in [1.29, 1.82) is 0 Å². The van der Waals surface area contributed by atoms with Crippen LogP contribution in [0.25, 0.3) is 0 Å². The number of benzene rings is 1. The molecule has 1 aromatic carbocycles. The van der Waals surface area contributed by atoms with Crippen molar-refractivity contribution < 1.29 is 19.4 Å². The minimum Gasteiger partial charge on any atom is -0.454 e. The predicted molar refractivity (Wildman–Crippen MR) is 95.4 cm³/mol. The number of piperidine rings is 1. The largest absolute Gasteiger partial charge is 0.454 e. The number of rotatable bonds is 3. The van der Waals surface area contributed by atoms with E-state index in [0.29, 0.717) is 25.1 Å². The molecule has 3 heterocycles. The summed E-state index contributed by atoms with van der Waals surface area (Å²) in [7, 11) is 0. The van der Waals surface area contributed by atoms with E-state index in [1.165, 1.54) is 0 Å². The fourth-order valence-corrected chi connectivity index (χ4v) is 3.64. The number of fused-ring (bicyclic) bond motifs is 1. The van der Waals surface area contributed by atoms with Crippen molar-refractivity contribution in [2.75, 3.05) is 19.9 Å². The van der Waals surface area contributed by atoms with Gasteiger partial charge in [-0.05, 0) is 42.7 Å². The summed E-state index contributed by atoms with van der Waals surface area (Å²) in [6.07, 6.45) is 2.55. The first-order valence-corrected chi connectivity index (χ1v) is 8.97. The van der Waals surface area contributed by atoms with E-state index < -0.39 is 6.10 Å². The van der Waals surface area contributed by atoms with Gasteiger partial charge in [0.1, 0.15) is 0 Å². The average molecular weight is 354 g/mol. The van der Waals surface area contributed by atoms with Crippen LogP contribution in [0, 0.1) is 0 Å². The number of amides is 1. The molecule has 1 N–H and O–H groups in total. The van der Waals surface area contributed by atoms with Crippen LogP contribution in [0.5, 0.6) is 11.5 Å². The van der Waals surface area contributed by atoms with Crippen LogP contribution in [0.1, 0.15) is 40.9 Å². The van der Waals surface area contributed by atoms with Gasteiger partial charge in [0.25, 0.3) is 5.91 Å². The van der Waals surface area contributed by atoms with Crippen molar-refractivity contribution in [3.8, 4) is 11.5 Å². The van der Waals surface area contributed by atoms with Gasteiger partial charge in [-0.1, -0.05) is 13.0 Å². The highest BCUT2D eigenvalue weighted by molar-refractivity contribution is 5.94. The van der Waals surface area contributed by atoms with E-state index in [2.05, 4.69) is 4.98 Å². The number of carbonyl (C=O) groups excluding carboxylic acids is 1. The fraction of sp³-hybridized carbons (Fsp3) is 0.400. The highest BCUT2D eigenvalue weighted by atomic mass is 16.7. The quantitative estimate of drug-likeness (QED) is 0.916. The molecule has 6 heteroatoms. The Bertz CT molecular complexity index is 823. The molecule has 2 aromatic rings. The first-order chi connectivity index (χ1) is 12.7. The van der Waals surface area contributed by atoms with Gasteiger partial charge < -0.3 is 19.5 Å². The highest BCUT2D eigenvalue weighted by Gasteiger charge is 2.32. The third-order valence-electron chi connectivity index (χ3n) is 5.12. The topological polar surface area (TPSA) is 71.9 Å². The van der Waals surface area contributed by atoms with Gasteiger partial charge in [0, 0.05) is 36.5 Å². The number of ether oxygens (including phenoxy) is 2. The van der Waals surface area contributed by atoms with Crippen molar-refractivity contribution in [2.45, 2.75) is 31.8 Å². The van der Waals surface area contributed by atoms with Crippen LogP contribution in [0.2, 0.25) is 0 Å². The van der Waals surface area contributed by atoms with Gasteiger partial charge in [-0.2, -0.15) is 0 Å². The van der Waals surface area contributed by atoms with Crippen LogP contribution in [0.15, 0.2) is 36.5 Å². The van der Waals surface area contributed by atoms with Crippen LogP contribution in [-0.2, 0) is 6.42 Å². The highest BCUT2D eigenvalue weighted by Crippen LogP contribution is 2.37. The average Bonchev–Trinajstić information content (AvgIpc) is 3.15. The zero-order valence-electron chi connectivity index (χ0n) is 14.7. The fourth-order valence-electron chi connectivity index (χ4n) is 3.64. The van der Waals surface area contributed by atoms with Gasteiger partial charge in [0.2, 0.25) is 6.79 Å². The van der Waals surface area contributed by atoms with Gasteiger partial charge in [-0.25, -0.2) is 0 Å². The molecule has 0 aliphatic carbocycles. The number of pyridine rings is 1. The molecule has 2 atom stereocenters. The lowest BCUT2D eigenvalue weighted by Gasteiger charge is -2.36. The lowest BCUT2D eigenvalue weighted by molar-refractivity contribution is 0.0381. The molecule has 0 saturated carbocycles. The van der Waals surface area contributed by atoms with E-state index in [1.807, 2.05) is 31.2 Å². The van der Waals surface area contributed by atoms with Crippen LogP contribution in [0.4, 0.5) is 0 Å². The van der Waals surface area contributed by atoms with Gasteiger partial charge >= 0.3 is 0 Å². The number of aliphatic hydroxyl groups excluding tert-OH is 1. The van der Waals surface area contributed by atoms with Crippen molar-refractivity contribution in [2.24, 2.45) is 0 Å². The Morgan fingerprint density at radius 1 is 1.27 bits per heavy atom. The van der Waals surface area contributed by atoms with Crippen LogP contribution in [0.3, 0.4) is 0 Å². The first-order valence-electron chi connectivity index (χ1n) is 8.97. The van der Waals surface area contributed by atoms with Crippen molar-refractivity contribution in [1.82, 2.24) is 9.88 Å². The number of hydrogen-bond acceptors (Lipinski definition) is 5. The second kappa shape index (κ2) is 6.96. The zero-order valence-corrected chi connectivity index (χ0v) is 14.7. The molecule has 136 valence electrons. The van der Waals surface area contributed by atoms with E-state index in [0.717, 1.165) is 29.2 Å². The Labute approximate surface area is 152 Å². The second-order valence-electron chi connectivity index (χ2n) is 6.72. The molecule has 0 bridgehead atoms. The van der Waals surface area contributed by atoms with E-state index >= 15 is 0 Å². The third kappa shape index (κ3) is 3.12. The molecule has 0 spiro atoms. The summed E-state index contributed by atoms with van der Waals surface area (Å²) in [5.74, 6) is 1.39. The molecular weight excluding hydrogens is 332 g/mol. The van der Waals surface area contributed by atoms with Crippen LogP contribution >= 0.6 is 0 Å². The van der Waals surface area contributed by atoms with Crippen molar-refractivity contribution in [3.05, 3.63) is 53.3 Å². The molecule has 1 saturated heterocycles. The zero-order chi connectivity index (χ0) is 18.1. The SMILES string of the molecule is CCc1cc(C(=O)N2CC[C@@H](c3ccc4c(c3)OCO4)[C@H](O)C2)ccn1. The molecule has 26 heavy (non-hydrogen) atoms. The molecular formula is C20H22N2O4. The standard InChI is InChI=1S/C20H22N2O4/c1-2-15-9-14(5-7-21-15)20(24)22-8-6-16(17(23)11-22)13-3-4-18-19(10-13)26-12-25-18/h3-5,7,9-10,16-17,23H,2,6,8,11-12H2,1H3/t16-,17+/m0/s1. The minimum absolute atomic E-state index is 0.0165. The number of hydrogen-bond donors (Lipinski definition) is 1. The normalized spacial score (nSPS) is 21.7. The summed E-state index contributed by atoms with van der Waals surface area (Å²) in [6.45, 7) is 3.18. The molecule has 1 fully saturated rings. The van der Waals surface area contributed by atoms with E-state index in [4.69, 9.17) is 9.47 Å². The predicted octanol–water partition coefficient (Wildman–Crippen LogP) is 2.36. The van der Waals surface area contributed by atoms with E-state index in [1.54, 1.807) is 17.2 Å². The van der Waals surface area contributed by atoms with E-state index in [-0.39, 0.29) is 18.6 Å². The summed E-state index contributed by atoms with van der Waals surface area (Å²) in [4.78, 5) is 18.7. The summed E-state index contributed by atoms with van der Waals surface area (Å²) in [5, 5.41) is 10.7. The molecule has 2 aliphatic rings. The van der Waals surface area contributed by atoms with E-state index in [9.17, 15) is 9.90 Å². The number of likely N-dealkylation sites (tertiary alicyclic amines) is 1. The minimum atomic E-state index is -0.611. The lowest BCUT2D eigenvalue weighted by atomic mass is 9.86. The summed E-state index contributed by atoms with van der Waals surface area (Å²) in [5.41, 5.74) is 2.54. The number of aryl methyl sites for hydroxylation is 1. The number of carbonyl (C=O) groups is 1. The van der Waals surface area contributed by atoms with Crippen molar-refractivity contribution in [3.63, 3.8) is 0 Å². The molecule has 2 aliphatic heterocycles. The number of β-amino-alcohol motifs (C(OH)–C–C–N with tert-alkyl or cyclic N) is 1. The molecule has 1 amide bonds. The Morgan fingerprint density at radius 3 is 2.92 bits per heavy atom. The van der Waals surface area contributed by atoms with Gasteiger partial charge in [-0.15, -0.1) is 0 Å². The Kier molecular flexibility index (Phi) is 4.51. The maximum atomic E-state index is 12.8. The maximum Gasteiger partial charge on any atom is 0.254 e. The Hall–Kier alpha value is -2.60. The first kappa shape index (κ1) is 16.8. The molecule has 0 radical (unpaired) electrons. The Balaban J connectivity index is 1.47. The van der Waals surface area contributed by atoms with Gasteiger partial charge in [-0.3, -0.25) is 9.78 Å². The number of aliphatic hydroxyl groups is 1. The molecule has 4 rings (SSSR count). The van der Waals surface area contributed by atoms with Gasteiger partial charge in [0.05, 0.1) is 6.10 Å².